The first-order chi connectivity index (χ1) is 9.74. The van der Waals surface area contributed by atoms with E-state index >= 15 is 0 Å². The highest BCUT2D eigenvalue weighted by Gasteiger charge is 2.21. The summed E-state index contributed by atoms with van der Waals surface area (Å²) in [5, 5.41) is 18.2. The summed E-state index contributed by atoms with van der Waals surface area (Å²) < 4.78 is 18.3. The largest absolute Gasteiger partial charge is 0.487 e. The summed E-state index contributed by atoms with van der Waals surface area (Å²) in [6.07, 6.45) is 2.18. The number of nitro benzene ring substituents is 1. The molecule has 0 heterocycles. The zero-order valence-corrected chi connectivity index (χ0v) is 12.2. The molecule has 1 aromatic rings. The van der Waals surface area contributed by atoms with Gasteiger partial charge in [-0.2, -0.15) is 0 Å². The number of unbranched alkanes of at least 4 members (excludes halogenated alkanes) is 1. The van der Waals surface area contributed by atoms with Gasteiger partial charge < -0.3 is 10.5 Å². The Morgan fingerprint density at radius 1 is 1.48 bits per heavy atom. The topological polar surface area (TPSA) is 102 Å². The van der Waals surface area contributed by atoms with E-state index < -0.39 is 10.7 Å². The zero-order valence-electron chi connectivity index (χ0n) is 12.2. The number of nitrogens with zero attached hydrogens (tertiary/aromatic N) is 1. The minimum atomic E-state index is -0.669. The Hall–Kier alpha value is -2.18. The van der Waals surface area contributed by atoms with Crippen LogP contribution in [0.1, 0.15) is 33.1 Å². The summed E-state index contributed by atoms with van der Waals surface area (Å²) in [5.41, 5.74) is 4.75. The van der Waals surface area contributed by atoms with Crippen molar-refractivity contribution in [3.63, 3.8) is 0 Å². The van der Waals surface area contributed by atoms with Gasteiger partial charge in [-0.05, 0) is 31.4 Å². The van der Waals surface area contributed by atoms with E-state index in [0.29, 0.717) is 13.0 Å². The number of ether oxygens (including phenoxy) is 1. The van der Waals surface area contributed by atoms with Crippen molar-refractivity contribution in [2.45, 2.75) is 33.1 Å². The van der Waals surface area contributed by atoms with Gasteiger partial charge in [-0.1, -0.05) is 13.8 Å². The first kappa shape index (κ1) is 16.9. The van der Waals surface area contributed by atoms with Gasteiger partial charge in [-0.3, -0.25) is 15.5 Å². The van der Waals surface area contributed by atoms with Crippen molar-refractivity contribution in [2.75, 3.05) is 6.61 Å². The predicted octanol–water partition coefficient (Wildman–Crippen LogP) is 3.25. The number of hydrogen-bond acceptors (Lipinski definition) is 4. The second kappa shape index (κ2) is 7.01. The molecule has 7 heteroatoms. The summed E-state index contributed by atoms with van der Waals surface area (Å²) >= 11 is 0. The van der Waals surface area contributed by atoms with Crippen molar-refractivity contribution >= 4 is 11.5 Å². The molecule has 3 N–H and O–H groups in total. The molecule has 0 radical (unpaired) electrons. The van der Waals surface area contributed by atoms with E-state index in [1.54, 1.807) is 0 Å². The summed E-state index contributed by atoms with van der Waals surface area (Å²) in [5.74, 6) is -0.470. The van der Waals surface area contributed by atoms with Gasteiger partial charge in [0.15, 0.2) is 5.75 Å². The van der Waals surface area contributed by atoms with Crippen molar-refractivity contribution in [2.24, 2.45) is 11.1 Å². The molecule has 0 spiro atoms. The third-order valence-electron chi connectivity index (χ3n) is 3.30. The van der Waals surface area contributed by atoms with E-state index in [0.717, 1.165) is 25.0 Å². The fourth-order valence-corrected chi connectivity index (χ4v) is 1.74. The van der Waals surface area contributed by atoms with Crippen LogP contribution in [0.2, 0.25) is 0 Å². The highest BCUT2D eigenvalue weighted by atomic mass is 19.1. The number of benzene rings is 1. The maximum Gasteiger partial charge on any atom is 0.313 e. The van der Waals surface area contributed by atoms with Crippen LogP contribution in [-0.4, -0.2) is 17.4 Å². The first-order valence-electron chi connectivity index (χ1n) is 6.65. The maximum absolute atomic E-state index is 13.0. The molecule has 0 fully saturated rings. The van der Waals surface area contributed by atoms with Crippen LogP contribution in [0, 0.1) is 26.8 Å². The molecule has 1 rings (SSSR count). The number of nitro groups is 1. The summed E-state index contributed by atoms with van der Waals surface area (Å²) in [4.78, 5) is 10.1. The van der Waals surface area contributed by atoms with E-state index in [4.69, 9.17) is 15.9 Å². The molecule has 1 aromatic carbocycles. The van der Waals surface area contributed by atoms with Crippen molar-refractivity contribution in [1.82, 2.24) is 0 Å². The average Bonchev–Trinajstić information content (AvgIpc) is 2.39. The number of rotatable bonds is 8. The number of amidine groups is 1. The molecule has 0 bridgehead atoms. The van der Waals surface area contributed by atoms with Crippen molar-refractivity contribution < 1.29 is 14.1 Å². The SMILES string of the molecule is CC(C)(CCCCOc1ccc(F)cc1[N+](=O)[O-])C(=N)N. The molecule has 0 amide bonds. The van der Waals surface area contributed by atoms with Gasteiger partial charge in [0.05, 0.1) is 23.4 Å². The van der Waals surface area contributed by atoms with Crippen LogP contribution in [0.5, 0.6) is 5.75 Å². The molecule has 21 heavy (non-hydrogen) atoms. The van der Waals surface area contributed by atoms with Gasteiger partial charge in [0.2, 0.25) is 0 Å². The van der Waals surface area contributed by atoms with Gasteiger partial charge in [-0.25, -0.2) is 4.39 Å². The Morgan fingerprint density at radius 3 is 2.71 bits per heavy atom. The highest BCUT2D eigenvalue weighted by Crippen LogP contribution is 2.28. The van der Waals surface area contributed by atoms with Crippen LogP contribution < -0.4 is 10.5 Å². The normalized spacial score (nSPS) is 11.2. The molecule has 0 atom stereocenters. The van der Waals surface area contributed by atoms with E-state index in [9.17, 15) is 14.5 Å². The number of halogens is 1. The standard InChI is InChI=1S/C14H20FN3O3/c1-14(2,13(16)17)7-3-4-8-21-12-6-5-10(15)9-11(12)18(19)20/h5-6,9H,3-4,7-8H2,1-2H3,(H3,16,17). The quantitative estimate of drug-likeness (QED) is 0.253. The zero-order chi connectivity index (χ0) is 16.0. The van der Waals surface area contributed by atoms with Crippen LogP contribution in [0.15, 0.2) is 18.2 Å². The Labute approximate surface area is 122 Å². The van der Waals surface area contributed by atoms with Crippen LogP contribution in [0.3, 0.4) is 0 Å². The molecule has 0 aliphatic carbocycles. The molecule has 116 valence electrons. The second-order valence-corrected chi connectivity index (χ2v) is 5.47. The molecule has 0 aliphatic heterocycles. The minimum Gasteiger partial charge on any atom is -0.487 e. The first-order valence-corrected chi connectivity index (χ1v) is 6.65. The van der Waals surface area contributed by atoms with E-state index in [2.05, 4.69) is 0 Å². The molecule has 0 saturated heterocycles. The van der Waals surface area contributed by atoms with Gasteiger partial charge in [0.1, 0.15) is 5.82 Å². The van der Waals surface area contributed by atoms with E-state index in [-0.39, 0.29) is 22.7 Å². The smallest absolute Gasteiger partial charge is 0.313 e. The molecule has 0 aromatic heterocycles. The summed E-state index contributed by atoms with van der Waals surface area (Å²) in [7, 11) is 0. The van der Waals surface area contributed by atoms with Crippen LogP contribution in [0.25, 0.3) is 0 Å². The number of nitrogens with one attached hydrogen (secondary N) is 1. The third kappa shape index (κ3) is 5.02. The summed E-state index contributed by atoms with van der Waals surface area (Å²) in [6.45, 7) is 4.07. The lowest BCUT2D eigenvalue weighted by atomic mass is 9.86. The lowest BCUT2D eigenvalue weighted by molar-refractivity contribution is -0.386. The summed E-state index contributed by atoms with van der Waals surface area (Å²) in [6, 6.07) is 3.22. The Bertz CT molecular complexity index is 532. The minimum absolute atomic E-state index is 0.0622. The van der Waals surface area contributed by atoms with Crippen molar-refractivity contribution in [1.29, 1.82) is 5.41 Å². The third-order valence-corrected chi connectivity index (χ3v) is 3.30. The lowest BCUT2D eigenvalue weighted by Gasteiger charge is -2.22. The van der Waals surface area contributed by atoms with Crippen LogP contribution >= 0.6 is 0 Å². The van der Waals surface area contributed by atoms with Gasteiger partial charge >= 0.3 is 5.69 Å². The molecule has 0 aliphatic rings. The molecule has 6 nitrogen and oxygen atoms in total. The predicted molar refractivity (Wildman–Crippen MR) is 78.1 cm³/mol. The molecular weight excluding hydrogens is 277 g/mol. The Balaban J connectivity index is 2.47. The monoisotopic (exact) mass is 297 g/mol. The van der Waals surface area contributed by atoms with E-state index in [1.807, 2.05) is 13.8 Å². The lowest BCUT2D eigenvalue weighted by Crippen LogP contribution is -2.30. The fourth-order valence-electron chi connectivity index (χ4n) is 1.74. The van der Waals surface area contributed by atoms with Gasteiger partial charge in [-0.15, -0.1) is 0 Å². The Morgan fingerprint density at radius 2 is 2.14 bits per heavy atom. The fraction of sp³-hybridized carbons (Fsp3) is 0.500. The Kier molecular flexibility index (Phi) is 5.63. The van der Waals surface area contributed by atoms with Crippen LogP contribution in [-0.2, 0) is 0 Å². The molecule has 0 unspecified atom stereocenters. The van der Waals surface area contributed by atoms with Crippen molar-refractivity contribution in [3.8, 4) is 5.75 Å². The number of nitrogens with two attached hydrogens (primary N) is 1. The van der Waals surface area contributed by atoms with E-state index in [1.165, 1.54) is 6.07 Å². The molecule has 0 saturated carbocycles. The number of hydrogen-bond donors (Lipinski definition) is 2. The molecular formula is C14H20FN3O3. The van der Waals surface area contributed by atoms with Crippen molar-refractivity contribution in [3.05, 3.63) is 34.1 Å². The highest BCUT2D eigenvalue weighted by molar-refractivity contribution is 5.82. The van der Waals surface area contributed by atoms with Crippen LogP contribution in [0.4, 0.5) is 10.1 Å². The average molecular weight is 297 g/mol. The second-order valence-electron chi connectivity index (χ2n) is 5.47. The van der Waals surface area contributed by atoms with Gasteiger partial charge in [0, 0.05) is 5.41 Å². The van der Waals surface area contributed by atoms with Gasteiger partial charge in [0.25, 0.3) is 0 Å². The maximum atomic E-state index is 13.0.